The van der Waals surface area contributed by atoms with E-state index in [1.165, 1.54) is 18.7 Å². The Bertz CT molecular complexity index is 1070. The van der Waals surface area contributed by atoms with Crippen LogP contribution in [0, 0.1) is 11.8 Å². The molecule has 1 fully saturated rings. The molecule has 0 unspecified atom stereocenters. The van der Waals surface area contributed by atoms with Crippen molar-refractivity contribution in [3.05, 3.63) is 62.4 Å². The molecule has 0 radical (unpaired) electrons. The lowest BCUT2D eigenvalue weighted by Gasteiger charge is -2.34. The number of hydrogen-bond acceptors (Lipinski definition) is 5. The van der Waals surface area contributed by atoms with Crippen molar-refractivity contribution in [2.45, 2.75) is 12.5 Å². The standard InChI is InChI=1S/C19H20N4O4/c1-21-12-9-11-13(17(25)22(2)16(11)24)15(20-10-7-5-4-6-8-10)14(12)18(26)23(3)19(21)27/h4-8,11,13,15,20H,9H2,1-3H3/t11-,13-,15-/m1/s1. The largest absolute Gasteiger partial charge is 0.377 e. The molecule has 2 amide bonds. The summed E-state index contributed by atoms with van der Waals surface area (Å²) in [6, 6.07) is 8.53. The lowest BCUT2D eigenvalue weighted by atomic mass is 9.75. The zero-order valence-electron chi connectivity index (χ0n) is 15.3. The number of carbonyl (C=O) groups is 2. The fourth-order valence-corrected chi connectivity index (χ4v) is 4.23. The molecule has 27 heavy (non-hydrogen) atoms. The average Bonchev–Trinajstić information content (AvgIpc) is 2.89. The Morgan fingerprint density at radius 3 is 2.26 bits per heavy atom. The minimum absolute atomic E-state index is 0.198. The predicted molar refractivity (Wildman–Crippen MR) is 98.2 cm³/mol. The van der Waals surface area contributed by atoms with Crippen LogP contribution < -0.4 is 16.6 Å². The van der Waals surface area contributed by atoms with E-state index in [2.05, 4.69) is 5.32 Å². The minimum Gasteiger partial charge on any atom is -0.377 e. The molecule has 0 bridgehead atoms. The minimum atomic E-state index is -0.687. The summed E-state index contributed by atoms with van der Waals surface area (Å²) in [6.45, 7) is 0. The highest BCUT2D eigenvalue weighted by atomic mass is 16.2. The molecule has 1 aliphatic carbocycles. The number of imide groups is 1. The maximum absolute atomic E-state index is 12.9. The maximum atomic E-state index is 12.9. The van der Waals surface area contributed by atoms with E-state index in [9.17, 15) is 19.2 Å². The quantitative estimate of drug-likeness (QED) is 0.755. The molecule has 2 aromatic rings. The summed E-state index contributed by atoms with van der Waals surface area (Å²) in [5, 5.41) is 3.27. The SMILES string of the molecule is CN1C(=O)[C@@H]2[C@@H](Cc3c(c(=O)n(C)c(=O)n3C)[C@@H]2Nc2ccccc2)C1=O. The number of hydrogen-bond donors (Lipinski definition) is 1. The molecule has 1 aromatic carbocycles. The molecule has 1 aliphatic heterocycles. The van der Waals surface area contributed by atoms with Crippen molar-refractivity contribution in [2.75, 3.05) is 12.4 Å². The molecular formula is C19H20N4O4. The summed E-state index contributed by atoms with van der Waals surface area (Å²) >= 11 is 0. The molecule has 1 N–H and O–H groups in total. The first-order valence-electron chi connectivity index (χ1n) is 8.74. The molecule has 2 heterocycles. The number of likely N-dealkylation sites (tertiary alicyclic amines) is 1. The van der Waals surface area contributed by atoms with Crippen molar-refractivity contribution in [3.63, 3.8) is 0 Å². The third-order valence-corrected chi connectivity index (χ3v) is 5.70. The van der Waals surface area contributed by atoms with E-state index in [-0.39, 0.29) is 18.2 Å². The van der Waals surface area contributed by atoms with E-state index in [0.717, 1.165) is 15.2 Å². The lowest BCUT2D eigenvalue weighted by molar-refractivity contribution is -0.138. The van der Waals surface area contributed by atoms with Gasteiger partial charge in [-0.25, -0.2) is 4.79 Å². The summed E-state index contributed by atoms with van der Waals surface area (Å²) in [6.07, 6.45) is 0.198. The topological polar surface area (TPSA) is 93.4 Å². The van der Waals surface area contributed by atoms with Gasteiger partial charge in [-0.05, 0) is 12.1 Å². The Morgan fingerprint density at radius 2 is 1.59 bits per heavy atom. The van der Waals surface area contributed by atoms with Gasteiger partial charge < -0.3 is 9.88 Å². The number of amides is 2. The van der Waals surface area contributed by atoms with Crippen LogP contribution in [-0.4, -0.2) is 32.9 Å². The third kappa shape index (κ3) is 2.36. The van der Waals surface area contributed by atoms with Gasteiger partial charge in [0.1, 0.15) is 0 Å². The van der Waals surface area contributed by atoms with Crippen LogP contribution in [0.5, 0.6) is 0 Å². The van der Waals surface area contributed by atoms with E-state index in [1.54, 1.807) is 7.05 Å². The first-order chi connectivity index (χ1) is 12.8. The van der Waals surface area contributed by atoms with E-state index >= 15 is 0 Å². The summed E-state index contributed by atoms with van der Waals surface area (Å²) < 4.78 is 2.45. The van der Waals surface area contributed by atoms with Crippen LogP contribution in [0.3, 0.4) is 0 Å². The van der Waals surface area contributed by atoms with E-state index < -0.39 is 29.1 Å². The highest BCUT2D eigenvalue weighted by Gasteiger charge is 2.54. The Labute approximate surface area is 155 Å². The number of nitrogens with zero attached hydrogens (tertiary/aromatic N) is 3. The van der Waals surface area contributed by atoms with E-state index in [1.807, 2.05) is 30.3 Å². The summed E-state index contributed by atoms with van der Waals surface area (Å²) in [5.41, 5.74) is 0.741. The Hall–Kier alpha value is -3.16. The number of fused-ring (bicyclic) bond motifs is 2. The van der Waals surface area contributed by atoms with Crippen LogP contribution in [0.25, 0.3) is 0 Å². The van der Waals surface area contributed by atoms with Gasteiger partial charge in [-0.15, -0.1) is 0 Å². The number of nitrogens with one attached hydrogen (secondary N) is 1. The maximum Gasteiger partial charge on any atom is 0.330 e. The van der Waals surface area contributed by atoms with Gasteiger partial charge in [0.05, 0.1) is 23.4 Å². The van der Waals surface area contributed by atoms with Crippen molar-refractivity contribution in [2.24, 2.45) is 25.9 Å². The molecule has 0 spiro atoms. The molecule has 8 heteroatoms. The Balaban J connectivity index is 1.96. The number of carbonyl (C=O) groups excluding carboxylic acids is 2. The molecule has 4 rings (SSSR count). The number of rotatable bonds is 2. The lowest BCUT2D eigenvalue weighted by Crippen LogP contribution is -2.48. The van der Waals surface area contributed by atoms with Crippen LogP contribution in [0.15, 0.2) is 39.9 Å². The van der Waals surface area contributed by atoms with Crippen molar-refractivity contribution < 1.29 is 9.59 Å². The van der Waals surface area contributed by atoms with Crippen molar-refractivity contribution >= 4 is 17.5 Å². The molecule has 0 saturated carbocycles. The van der Waals surface area contributed by atoms with Gasteiger partial charge >= 0.3 is 5.69 Å². The zero-order valence-corrected chi connectivity index (χ0v) is 15.3. The first-order valence-corrected chi connectivity index (χ1v) is 8.74. The second-order valence-electron chi connectivity index (χ2n) is 7.13. The summed E-state index contributed by atoms with van der Waals surface area (Å²) in [4.78, 5) is 51.9. The Kier molecular flexibility index (Phi) is 3.80. The Morgan fingerprint density at radius 1 is 0.926 bits per heavy atom. The van der Waals surface area contributed by atoms with Gasteiger partial charge in [0.15, 0.2) is 0 Å². The van der Waals surface area contributed by atoms with Crippen LogP contribution in [0.1, 0.15) is 17.3 Å². The summed E-state index contributed by atoms with van der Waals surface area (Å²) in [7, 11) is 4.47. The second kappa shape index (κ2) is 5.94. The molecule has 8 nitrogen and oxygen atoms in total. The molecule has 140 valence electrons. The average molecular weight is 368 g/mol. The highest BCUT2D eigenvalue weighted by Crippen LogP contribution is 2.43. The second-order valence-corrected chi connectivity index (χ2v) is 7.13. The summed E-state index contributed by atoms with van der Waals surface area (Å²) in [5.74, 6) is -1.85. The molecule has 2 aliphatic rings. The van der Waals surface area contributed by atoms with Gasteiger partial charge in [0.2, 0.25) is 11.8 Å². The van der Waals surface area contributed by atoms with Crippen LogP contribution in [0.2, 0.25) is 0 Å². The van der Waals surface area contributed by atoms with Crippen molar-refractivity contribution in [1.82, 2.24) is 14.0 Å². The van der Waals surface area contributed by atoms with E-state index in [4.69, 9.17) is 0 Å². The van der Waals surface area contributed by atoms with Crippen LogP contribution in [0.4, 0.5) is 5.69 Å². The number of anilines is 1. The normalized spacial score (nSPS) is 24.0. The van der Waals surface area contributed by atoms with Crippen molar-refractivity contribution in [1.29, 1.82) is 0 Å². The molecule has 1 aromatic heterocycles. The monoisotopic (exact) mass is 368 g/mol. The fourth-order valence-electron chi connectivity index (χ4n) is 4.23. The predicted octanol–water partition coefficient (Wildman–Crippen LogP) is 0.0243. The number of benzene rings is 1. The molecular weight excluding hydrogens is 348 g/mol. The van der Waals surface area contributed by atoms with Gasteiger partial charge in [-0.1, -0.05) is 18.2 Å². The van der Waals surface area contributed by atoms with Crippen LogP contribution >= 0.6 is 0 Å². The molecule has 1 saturated heterocycles. The van der Waals surface area contributed by atoms with Crippen LogP contribution in [-0.2, 0) is 30.1 Å². The van der Waals surface area contributed by atoms with Crippen molar-refractivity contribution in [3.8, 4) is 0 Å². The van der Waals surface area contributed by atoms with Gasteiger partial charge in [0.25, 0.3) is 5.56 Å². The van der Waals surface area contributed by atoms with Gasteiger partial charge in [-0.2, -0.15) is 0 Å². The third-order valence-electron chi connectivity index (χ3n) is 5.70. The first kappa shape index (κ1) is 17.3. The van der Waals surface area contributed by atoms with E-state index in [0.29, 0.717) is 11.3 Å². The number of aromatic nitrogens is 2. The fraction of sp³-hybridized carbons (Fsp3) is 0.368. The molecule has 3 atom stereocenters. The van der Waals surface area contributed by atoms with Gasteiger partial charge in [0, 0.05) is 38.9 Å². The zero-order chi connectivity index (χ0) is 19.5. The number of para-hydroxylation sites is 1. The highest BCUT2D eigenvalue weighted by molar-refractivity contribution is 6.05. The smallest absolute Gasteiger partial charge is 0.330 e. The van der Waals surface area contributed by atoms with Gasteiger partial charge in [-0.3, -0.25) is 23.9 Å².